The molecule has 2 heterocycles. The lowest BCUT2D eigenvalue weighted by Gasteiger charge is -2.37. The highest BCUT2D eigenvalue weighted by Crippen LogP contribution is 2.29. The Morgan fingerprint density at radius 1 is 1.23 bits per heavy atom. The topological polar surface area (TPSA) is 66.9 Å². The normalized spacial score (nSPS) is 16.2. The molecule has 3 rings (SSSR count). The molecule has 8 heteroatoms. The second-order valence-electron chi connectivity index (χ2n) is 6.07. The predicted octanol–water partition coefficient (Wildman–Crippen LogP) is 2.31. The maximum atomic E-state index is 12.7. The average molecular weight is 376 g/mol. The first-order valence-electron chi connectivity index (χ1n) is 8.53. The van der Waals surface area contributed by atoms with Crippen LogP contribution in [0.1, 0.15) is 6.92 Å². The molecule has 0 unspecified atom stereocenters. The fraction of sp³-hybridized carbons (Fsp3) is 0.444. The molecule has 7 nitrogen and oxygen atoms in total. The van der Waals surface area contributed by atoms with Crippen molar-refractivity contribution in [1.82, 2.24) is 9.88 Å². The fourth-order valence-corrected chi connectivity index (χ4v) is 3.68. The zero-order valence-electron chi connectivity index (χ0n) is 15.3. The molecule has 1 aromatic heterocycles. The molecule has 0 spiro atoms. The van der Waals surface area contributed by atoms with E-state index in [9.17, 15) is 4.79 Å². The third kappa shape index (κ3) is 4.08. The second-order valence-corrected chi connectivity index (χ2v) is 6.94. The molecule has 0 bridgehead atoms. The van der Waals surface area contributed by atoms with E-state index in [0.29, 0.717) is 17.2 Å². The second kappa shape index (κ2) is 8.37. The molecule has 140 valence electrons. The molecule has 0 aliphatic carbocycles. The molecular weight excluding hydrogens is 352 g/mol. The van der Waals surface area contributed by atoms with Crippen molar-refractivity contribution in [3.8, 4) is 11.5 Å². The summed E-state index contributed by atoms with van der Waals surface area (Å²) in [5.41, 5.74) is 0.616. The predicted molar refractivity (Wildman–Crippen MR) is 104 cm³/mol. The molecular formula is C18H24N4O3S. The van der Waals surface area contributed by atoms with E-state index >= 15 is 0 Å². The van der Waals surface area contributed by atoms with E-state index < -0.39 is 0 Å². The molecule has 1 atom stereocenters. The summed E-state index contributed by atoms with van der Waals surface area (Å²) in [7, 11) is 3.18. The number of ether oxygens (including phenoxy) is 2. The number of carbonyl (C=O) groups excluding carboxylic acids is 1. The van der Waals surface area contributed by atoms with Crippen molar-refractivity contribution in [1.29, 1.82) is 0 Å². The largest absolute Gasteiger partial charge is 0.497 e. The number of amides is 1. The van der Waals surface area contributed by atoms with E-state index in [0.717, 1.165) is 31.3 Å². The number of anilines is 2. The van der Waals surface area contributed by atoms with Gasteiger partial charge in [-0.05, 0) is 19.1 Å². The van der Waals surface area contributed by atoms with Crippen LogP contribution in [-0.2, 0) is 4.79 Å². The summed E-state index contributed by atoms with van der Waals surface area (Å²) in [4.78, 5) is 21.5. The Labute approximate surface area is 157 Å². The molecule has 1 aromatic carbocycles. The molecule has 1 fully saturated rings. The van der Waals surface area contributed by atoms with Crippen LogP contribution < -0.4 is 19.7 Å². The number of thiazole rings is 1. The highest BCUT2D eigenvalue weighted by molar-refractivity contribution is 7.13. The van der Waals surface area contributed by atoms with Crippen LogP contribution in [0.2, 0.25) is 0 Å². The van der Waals surface area contributed by atoms with E-state index in [4.69, 9.17) is 9.47 Å². The maximum Gasteiger partial charge on any atom is 0.241 e. The number of nitrogens with zero attached hydrogens (tertiary/aromatic N) is 3. The van der Waals surface area contributed by atoms with Crippen molar-refractivity contribution >= 4 is 28.1 Å². The van der Waals surface area contributed by atoms with Crippen molar-refractivity contribution < 1.29 is 14.3 Å². The van der Waals surface area contributed by atoms with Gasteiger partial charge in [0.2, 0.25) is 5.91 Å². The minimum atomic E-state index is -0.232. The van der Waals surface area contributed by atoms with Gasteiger partial charge in [0.25, 0.3) is 0 Å². The molecule has 0 saturated carbocycles. The molecule has 1 N–H and O–H groups in total. The molecule has 2 aromatic rings. The Bertz CT molecular complexity index is 730. The third-order valence-corrected chi connectivity index (χ3v) is 5.43. The van der Waals surface area contributed by atoms with E-state index in [1.807, 2.05) is 18.5 Å². The number of rotatable bonds is 6. The minimum absolute atomic E-state index is 0.0562. The average Bonchev–Trinajstić information content (AvgIpc) is 3.22. The SMILES string of the molecule is COc1ccc(OC)c(NC(=O)[C@@H](C)N2CCN(c3nccs3)CC2)c1. The molecule has 1 saturated heterocycles. The Balaban J connectivity index is 1.60. The zero-order chi connectivity index (χ0) is 18.5. The van der Waals surface area contributed by atoms with Crippen LogP contribution in [0.4, 0.5) is 10.8 Å². The van der Waals surface area contributed by atoms with Crippen molar-refractivity contribution in [2.24, 2.45) is 0 Å². The van der Waals surface area contributed by atoms with Gasteiger partial charge in [-0.25, -0.2) is 4.98 Å². The summed E-state index contributed by atoms with van der Waals surface area (Å²) in [5.74, 6) is 1.23. The Morgan fingerprint density at radius 3 is 2.62 bits per heavy atom. The van der Waals surface area contributed by atoms with Crippen LogP contribution in [0.5, 0.6) is 11.5 Å². The van der Waals surface area contributed by atoms with Gasteiger partial charge in [0.1, 0.15) is 11.5 Å². The first-order valence-corrected chi connectivity index (χ1v) is 9.41. The Kier molecular flexibility index (Phi) is 5.95. The highest BCUT2D eigenvalue weighted by atomic mass is 32.1. The van der Waals surface area contributed by atoms with Gasteiger partial charge >= 0.3 is 0 Å². The lowest BCUT2D eigenvalue weighted by atomic mass is 10.2. The van der Waals surface area contributed by atoms with Gasteiger partial charge in [-0.3, -0.25) is 9.69 Å². The van der Waals surface area contributed by atoms with Gasteiger partial charge in [-0.1, -0.05) is 0 Å². The van der Waals surface area contributed by atoms with Crippen LogP contribution in [-0.4, -0.2) is 62.2 Å². The molecule has 1 amide bonds. The summed E-state index contributed by atoms with van der Waals surface area (Å²) in [6.45, 7) is 5.31. The molecule has 1 aliphatic heterocycles. The number of nitrogens with one attached hydrogen (secondary N) is 1. The number of aromatic nitrogens is 1. The Morgan fingerprint density at radius 2 is 2.00 bits per heavy atom. The molecule has 1 aliphatic rings. The highest BCUT2D eigenvalue weighted by Gasteiger charge is 2.27. The fourth-order valence-electron chi connectivity index (χ4n) is 2.99. The number of piperazine rings is 1. The van der Waals surface area contributed by atoms with Crippen molar-refractivity contribution in [2.45, 2.75) is 13.0 Å². The standard InChI is InChI=1S/C18H24N4O3S/c1-13(21-7-9-22(10-8-21)18-19-6-11-26-18)17(23)20-15-12-14(24-2)4-5-16(15)25-3/h4-6,11-13H,7-10H2,1-3H3,(H,20,23)/t13-/m1/s1. The minimum Gasteiger partial charge on any atom is -0.497 e. The van der Waals surface area contributed by atoms with Crippen LogP contribution >= 0.6 is 11.3 Å². The van der Waals surface area contributed by atoms with Gasteiger partial charge in [0.15, 0.2) is 5.13 Å². The summed E-state index contributed by atoms with van der Waals surface area (Å²) < 4.78 is 10.6. The smallest absolute Gasteiger partial charge is 0.241 e. The summed E-state index contributed by atoms with van der Waals surface area (Å²) in [6, 6.07) is 5.12. The Hall–Kier alpha value is -2.32. The summed E-state index contributed by atoms with van der Waals surface area (Å²) in [5, 5.41) is 5.99. The van der Waals surface area contributed by atoms with Crippen molar-refractivity contribution in [3.63, 3.8) is 0 Å². The lowest BCUT2D eigenvalue weighted by molar-refractivity contribution is -0.120. The lowest BCUT2D eigenvalue weighted by Crippen LogP contribution is -2.52. The quantitative estimate of drug-likeness (QED) is 0.835. The number of methoxy groups -OCH3 is 2. The van der Waals surface area contributed by atoms with Gasteiger partial charge in [-0.2, -0.15) is 0 Å². The van der Waals surface area contributed by atoms with E-state index in [1.54, 1.807) is 43.8 Å². The van der Waals surface area contributed by atoms with Crippen LogP contribution in [0.25, 0.3) is 0 Å². The van der Waals surface area contributed by atoms with Gasteiger partial charge in [0, 0.05) is 43.8 Å². The van der Waals surface area contributed by atoms with Gasteiger partial charge < -0.3 is 19.7 Å². The zero-order valence-corrected chi connectivity index (χ0v) is 16.1. The number of carbonyl (C=O) groups is 1. The molecule has 0 radical (unpaired) electrons. The molecule has 26 heavy (non-hydrogen) atoms. The van der Waals surface area contributed by atoms with Crippen molar-refractivity contribution in [2.75, 3.05) is 50.6 Å². The summed E-state index contributed by atoms with van der Waals surface area (Å²) >= 11 is 1.65. The number of benzene rings is 1. The van der Waals surface area contributed by atoms with Crippen LogP contribution in [0.3, 0.4) is 0 Å². The van der Waals surface area contributed by atoms with Crippen LogP contribution in [0.15, 0.2) is 29.8 Å². The van der Waals surface area contributed by atoms with E-state index in [2.05, 4.69) is 20.1 Å². The number of hydrogen-bond acceptors (Lipinski definition) is 7. The van der Waals surface area contributed by atoms with Gasteiger partial charge in [-0.15, -0.1) is 11.3 Å². The first kappa shape index (κ1) is 18.5. The maximum absolute atomic E-state index is 12.7. The monoisotopic (exact) mass is 376 g/mol. The van der Waals surface area contributed by atoms with E-state index in [-0.39, 0.29) is 11.9 Å². The first-order chi connectivity index (χ1) is 12.6. The third-order valence-electron chi connectivity index (χ3n) is 4.60. The van der Waals surface area contributed by atoms with E-state index in [1.165, 1.54) is 0 Å². The summed E-state index contributed by atoms with van der Waals surface area (Å²) in [6.07, 6.45) is 1.82. The van der Waals surface area contributed by atoms with Crippen LogP contribution in [0, 0.1) is 0 Å². The van der Waals surface area contributed by atoms with Crippen molar-refractivity contribution in [3.05, 3.63) is 29.8 Å². The number of hydrogen-bond donors (Lipinski definition) is 1. The van der Waals surface area contributed by atoms with Gasteiger partial charge in [0.05, 0.1) is 25.9 Å².